The van der Waals surface area contributed by atoms with Gasteiger partial charge in [0.1, 0.15) is 0 Å². The molecule has 1 aliphatic rings. The van der Waals surface area contributed by atoms with Crippen LogP contribution >= 0.6 is 0 Å². The molecule has 1 N–H and O–H groups in total. The minimum absolute atomic E-state index is 0.0463. The lowest BCUT2D eigenvalue weighted by Crippen LogP contribution is -2.46. The van der Waals surface area contributed by atoms with E-state index in [0.717, 1.165) is 43.4 Å². The van der Waals surface area contributed by atoms with Crippen LogP contribution in [0.3, 0.4) is 0 Å². The summed E-state index contributed by atoms with van der Waals surface area (Å²) in [5.74, 6) is -0.0463. The fraction of sp³-hybridized carbons (Fsp3) is 0.583. The van der Waals surface area contributed by atoms with Crippen LogP contribution in [0.25, 0.3) is 5.69 Å². The Morgan fingerprint density at radius 3 is 2.39 bits per heavy atom. The quantitative estimate of drug-likeness (QED) is 0.780. The van der Waals surface area contributed by atoms with Crippen molar-refractivity contribution in [1.29, 1.82) is 0 Å². The summed E-state index contributed by atoms with van der Waals surface area (Å²) in [7, 11) is 0. The van der Waals surface area contributed by atoms with Crippen LogP contribution < -0.4 is 5.32 Å². The van der Waals surface area contributed by atoms with Crippen molar-refractivity contribution in [3.05, 3.63) is 46.3 Å². The van der Waals surface area contributed by atoms with Gasteiger partial charge in [0.2, 0.25) is 0 Å². The number of hydrogen-bond acceptors (Lipinski definition) is 2. The summed E-state index contributed by atoms with van der Waals surface area (Å²) >= 11 is 0. The summed E-state index contributed by atoms with van der Waals surface area (Å²) < 4.78 is 2.01. The summed E-state index contributed by atoms with van der Waals surface area (Å²) in [5, 5.41) is 8.07. The summed E-state index contributed by atoms with van der Waals surface area (Å²) in [4.78, 5) is 13.2. The lowest BCUT2D eigenvalue weighted by atomic mass is 9.81. The maximum atomic E-state index is 13.2. The van der Waals surface area contributed by atoms with Crippen LogP contribution in [0.5, 0.6) is 0 Å². The first-order valence-corrected chi connectivity index (χ1v) is 10.5. The minimum Gasteiger partial charge on any atom is -0.346 e. The van der Waals surface area contributed by atoms with Crippen molar-refractivity contribution in [2.75, 3.05) is 0 Å². The van der Waals surface area contributed by atoms with Gasteiger partial charge in [0, 0.05) is 16.8 Å². The van der Waals surface area contributed by atoms with Crippen LogP contribution in [-0.2, 0) is 12.8 Å². The van der Waals surface area contributed by atoms with Gasteiger partial charge in [0.05, 0.1) is 5.69 Å². The van der Waals surface area contributed by atoms with E-state index in [1.54, 1.807) is 0 Å². The van der Waals surface area contributed by atoms with E-state index in [-0.39, 0.29) is 16.9 Å². The molecule has 4 heteroatoms. The SMILES string of the molecule is Cc1ccc(-n2nc(C(=O)NC(C)(C)CC(C)(C)C)c3c2CCCC3)cc1C. The van der Waals surface area contributed by atoms with Gasteiger partial charge < -0.3 is 5.32 Å². The molecule has 1 aromatic heterocycles. The van der Waals surface area contributed by atoms with Gasteiger partial charge in [-0.15, -0.1) is 0 Å². The van der Waals surface area contributed by atoms with E-state index in [0.29, 0.717) is 5.69 Å². The number of hydrogen-bond donors (Lipinski definition) is 1. The third-order valence-electron chi connectivity index (χ3n) is 5.55. The molecule has 0 radical (unpaired) electrons. The maximum Gasteiger partial charge on any atom is 0.272 e. The van der Waals surface area contributed by atoms with Crippen LogP contribution in [0.15, 0.2) is 18.2 Å². The molecule has 1 heterocycles. The van der Waals surface area contributed by atoms with Gasteiger partial charge in [-0.3, -0.25) is 4.79 Å². The molecular formula is C24H35N3O. The molecule has 0 saturated carbocycles. The Morgan fingerprint density at radius 2 is 1.75 bits per heavy atom. The van der Waals surface area contributed by atoms with Crippen molar-refractivity contribution in [3.8, 4) is 5.69 Å². The number of nitrogens with one attached hydrogen (secondary N) is 1. The highest BCUT2D eigenvalue weighted by molar-refractivity contribution is 5.94. The minimum atomic E-state index is -0.277. The highest BCUT2D eigenvalue weighted by Gasteiger charge is 2.31. The highest BCUT2D eigenvalue weighted by Crippen LogP contribution is 2.30. The Labute approximate surface area is 169 Å². The standard InChI is InChI=1S/C24H35N3O/c1-16-12-13-18(14-17(16)2)27-20-11-9-8-10-19(20)21(26-27)22(28)25-24(6,7)15-23(3,4)5/h12-14H,8-11,15H2,1-7H3,(H,25,28). The Hall–Kier alpha value is -2.10. The van der Waals surface area contributed by atoms with Gasteiger partial charge in [-0.25, -0.2) is 4.68 Å². The monoisotopic (exact) mass is 381 g/mol. The summed E-state index contributed by atoms with van der Waals surface area (Å²) in [6, 6.07) is 6.41. The molecule has 2 aromatic rings. The second-order valence-electron chi connectivity index (χ2n) is 10.2. The smallest absolute Gasteiger partial charge is 0.272 e. The van der Waals surface area contributed by atoms with Gasteiger partial charge in [0.25, 0.3) is 5.91 Å². The Morgan fingerprint density at radius 1 is 1.07 bits per heavy atom. The molecule has 1 aliphatic carbocycles. The molecule has 0 fully saturated rings. The zero-order valence-electron chi connectivity index (χ0n) is 18.6. The molecule has 0 spiro atoms. The largest absolute Gasteiger partial charge is 0.346 e. The van der Waals surface area contributed by atoms with Crippen LogP contribution in [0.2, 0.25) is 0 Å². The molecule has 0 bridgehead atoms. The number of benzene rings is 1. The summed E-state index contributed by atoms with van der Waals surface area (Å²) in [5.41, 5.74) is 6.38. The molecule has 1 amide bonds. The first kappa shape index (κ1) is 20.6. The van der Waals surface area contributed by atoms with Crippen molar-refractivity contribution in [2.24, 2.45) is 5.41 Å². The van der Waals surface area contributed by atoms with E-state index < -0.39 is 0 Å². The van der Waals surface area contributed by atoms with E-state index >= 15 is 0 Å². The average molecular weight is 382 g/mol. The number of aryl methyl sites for hydroxylation is 2. The van der Waals surface area contributed by atoms with Gasteiger partial charge in [0.15, 0.2) is 5.69 Å². The summed E-state index contributed by atoms with van der Waals surface area (Å²) in [6.45, 7) is 15.1. The van der Waals surface area contributed by atoms with Crippen molar-refractivity contribution >= 4 is 5.91 Å². The number of nitrogens with zero attached hydrogens (tertiary/aromatic N) is 2. The Kier molecular flexibility index (Phi) is 5.44. The molecule has 0 saturated heterocycles. The second kappa shape index (κ2) is 7.38. The van der Waals surface area contributed by atoms with E-state index in [1.807, 2.05) is 4.68 Å². The maximum absolute atomic E-state index is 13.2. The number of carbonyl (C=O) groups is 1. The molecule has 0 aliphatic heterocycles. The zero-order chi connectivity index (χ0) is 20.7. The topological polar surface area (TPSA) is 46.9 Å². The summed E-state index contributed by atoms with van der Waals surface area (Å²) in [6.07, 6.45) is 5.10. The van der Waals surface area contributed by atoms with Gasteiger partial charge in [-0.1, -0.05) is 26.8 Å². The van der Waals surface area contributed by atoms with Crippen molar-refractivity contribution in [2.45, 2.75) is 86.1 Å². The molecular weight excluding hydrogens is 346 g/mol. The number of fused-ring (bicyclic) bond motifs is 1. The van der Waals surface area contributed by atoms with E-state index in [9.17, 15) is 4.79 Å². The van der Waals surface area contributed by atoms with Crippen LogP contribution in [-0.4, -0.2) is 21.2 Å². The predicted octanol–water partition coefficient (Wildman–Crippen LogP) is 5.31. The molecule has 3 rings (SSSR count). The number of amides is 1. The predicted molar refractivity (Wildman–Crippen MR) is 115 cm³/mol. The first-order valence-electron chi connectivity index (χ1n) is 10.5. The normalized spacial score (nSPS) is 14.7. The fourth-order valence-electron chi connectivity index (χ4n) is 4.59. The zero-order valence-corrected chi connectivity index (χ0v) is 18.6. The van der Waals surface area contributed by atoms with Crippen molar-refractivity contribution in [1.82, 2.24) is 15.1 Å². The molecule has 0 atom stereocenters. The van der Waals surface area contributed by atoms with Crippen molar-refractivity contribution < 1.29 is 4.79 Å². The first-order chi connectivity index (χ1) is 13.0. The third kappa shape index (κ3) is 4.48. The van der Waals surface area contributed by atoms with Crippen LogP contribution in [0.4, 0.5) is 0 Å². The number of aromatic nitrogens is 2. The van der Waals surface area contributed by atoms with Gasteiger partial charge in [-0.2, -0.15) is 5.10 Å². The molecule has 152 valence electrons. The second-order valence-corrected chi connectivity index (χ2v) is 10.2. The van der Waals surface area contributed by atoms with E-state index in [1.165, 1.54) is 16.8 Å². The van der Waals surface area contributed by atoms with Gasteiger partial charge >= 0.3 is 0 Å². The average Bonchev–Trinajstić information content (AvgIpc) is 2.94. The van der Waals surface area contributed by atoms with Crippen molar-refractivity contribution in [3.63, 3.8) is 0 Å². The lowest BCUT2D eigenvalue weighted by Gasteiger charge is -2.33. The third-order valence-corrected chi connectivity index (χ3v) is 5.55. The Bertz CT molecular complexity index is 884. The highest BCUT2D eigenvalue weighted by atomic mass is 16.2. The lowest BCUT2D eigenvalue weighted by molar-refractivity contribution is 0.0884. The van der Waals surface area contributed by atoms with Crippen LogP contribution in [0, 0.1) is 19.3 Å². The number of rotatable bonds is 4. The van der Waals surface area contributed by atoms with Gasteiger partial charge in [-0.05, 0) is 88.5 Å². The van der Waals surface area contributed by atoms with E-state index in [4.69, 9.17) is 5.10 Å². The Balaban J connectivity index is 1.97. The molecule has 4 nitrogen and oxygen atoms in total. The fourth-order valence-corrected chi connectivity index (χ4v) is 4.59. The number of carbonyl (C=O) groups excluding carboxylic acids is 1. The molecule has 1 aromatic carbocycles. The molecule has 0 unspecified atom stereocenters. The van der Waals surface area contributed by atoms with Crippen LogP contribution in [0.1, 0.15) is 86.8 Å². The molecule has 28 heavy (non-hydrogen) atoms. The van der Waals surface area contributed by atoms with E-state index in [2.05, 4.69) is 72.0 Å².